The van der Waals surface area contributed by atoms with Crippen LogP contribution < -0.4 is 0 Å². The van der Waals surface area contributed by atoms with Crippen molar-refractivity contribution in [1.29, 1.82) is 0 Å². The normalized spacial score (nSPS) is 18.0. The van der Waals surface area contributed by atoms with Gasteiger partial charge in [-0.2, -0.15) is 0 Å². The third-order valence-electron chi connectivity index (χ3n) is 2.97. The summed E-state index contributed by atoms with van der Waals surface area (Å²) in [6.07, 6.45) is 7.33. The van der Waals surface area contributed by atoms with Crippen molar-refractivity contribution in [3.05, 3.63) is 12.2 Å². The standard InChI is InChI=1S/C12H22O2/c1-5-8-11(2)12(3,14-4)9-6-7-10-13/h6-7,10-11H,5,8-9H2,1-4H3. The van der Waals surface area contributed by atoms with E-state index in [9.17, 15) is 4.79 Å². The van der Waals surface area contributed by atoms with Crippen LogP contribution >= 0.6 is 0 Å². The summed E-state index contributed by atoms with van der Waals surface area (Å²) in [4.78, 5) is 10.1. The van der Waals surface area contributed by atoms with E-state index in [2.05, 4.69) is 20.8 Å². The maximum absolute atomic E-state index is 10.1. The molecule has 2 nitrogen and oxygen atoms in total. The smallest absolute Gasteiger partial charge is 0.142 e. The fourth-order valence-corrected chi connectivity index (χ4v) is 1.58. The fraction of sp³-hybridized carbons (Fsp3) is 0.750. The number of hydrogen-bond acceptors (Lipinski definition) is 2. The van der Waals surface area contributed by atoms with Crippen molar-refractivity contribution in [2.45, 2.75) is 45.6 Å². The Morgan fingerprint density at radius 2 is 2.14 bits per heavy atom. The van der Waals surface area contributed by atoms with Gasteiger partial charge in [-0.05, 0) is 31.8 Å². The van der Waals surface area contributed by atoms with E-state index in [4.69, 9.17) is 4.74 Å². The number of hydrogen-bond donors (Lipinski definition) is 0. The van der Waals surface area contributed by atoms with Gasteiger partial charge in [0.25, 0.3) is 0 Å². The monoisotopic (exact) mass is 198 g/mol. The third kappa shape index (κ3) is 4.05. The van der Waals surface area contributed by atoms with Crippen molar-refractivity contribution >= 4 is 6.29 Å². The van der Waals surface area contributed by atoms with Gasteiger partial charge in [0, 0.05) is 7.11 Å². The number of allylic oxidation sites excluding steroid dienone is 1. The van der Waals surface area contributed by atoms with E-state index in [1.165, 1.54) is 6.08 Å². The molecule has 82 valence electrons. The first-order valence-corrected chi connectivity index (χ1v) is 5.26. The minimum absolute atomic E-state index is 0.143. The van der Waals surface area contributed by atoms with Gasteiger partial charge < -0.3 is 4.74 Å². The maximum Gasteiger partial charge on any atom is 0.142 e. The van der Waals surface area contributed by atoms with Gasteiger partial charge >= 0.3 is 0 Å². The number of carbonyl (C=O) groups is 1. The first-order chi connectivity index (χ1) is 6.60. The second-order valence-corrected chi connectivity index (χ2v) is 3.97. The van der Waals surface area contributed by atoms with Gasteiger partial charge in [-0.1, -0.05) is 26.3 Å². The molecule has 0 spiro atoms. The van der Waals surface area contributed by atoms with Gasteiger partial charge in [0.15, 0.2) is 0 Å². The van der Waals surface area contributed by atoms with Crippen LogP contribution in [0.5, 0.6) is 0 Å². The zero-order valence-electron chi connectivity index (χ0n) is 9.75. The summed E-state index contributed by atoms with van der Waals surface area (Å²) in [5, 5.41) is 0. The number of carbonyl (C=O) groups excluding carboxylic acids is 1. The quantitative estimate of drug-likeness (QED) is 0.464. The van der Waals surface area contributed by atoms with Crippen LogP contribution in [-0.2, 0) is 9.53 Å². The van der Waals surface area contributed by atoms with Crippen molar-refractivity contribution in [2.24, 2.45) is 5.92 Å². The van der Waals surface area contributed by atoms with Crippen molar-refractivity contribution < 1.29 is 9.53 Å². The van der Waals surface area contributed by atoms with Crippen LogP contribution in [0, 0.1) is 5.92 Å². The molecule has 0 aliphatic rings. The molecule has 0 aromatic carbocycles. The Morgan fingerprint density at radius 1 is 1.50 bits per heavy atom. The highest BCUT2D eigenvalue weighted by atomic mass is 16.5. The van der Waals surface area contributed by atoms with Gasteiger partial charge in [-0.3, -0.25) is 4.79 Å². The van der Waals surface area contributed by atoms with E-state index in [1.54, 1.807) is 7.11 Å². The van der Waals surface area contributed by atoms with Crippen LogP contribution in [0.1, 0.15) is 40.0 Å². The third-order valence-corrected chi connectivity index (χ3v) is 2.97. The minimum Gasteiger partial charge on any atom is -0.378 e. The fourth-order valence-electron chi connectivity index (χ4n) is 1.58. The van der Waals surface area contributed by atoms with Crippen LogP contribution in [0.25, 0.3) is 0 Å². The highest BCUT2D eigenvalue weighted by Crippen LogP contribution is 2.28. The maximum atomic E-state index is 10.1. The van der Waals surface area contributed by atoms with Crippen molar-refractivity contribution in [3.8, 4) is 0 Å². The Kier molecular flexibility index (Phi) is 6.46. The molecule has 14 heavy (non-hydrogen) atoms. The zero-order chi connectivity index (χ0) is 11.0. The molecule has 0 radical (unpaired) electrons. The lowest BCUT2D eigenvalue weighted by molar-refractivity contribution is -0.104. The summed E-state index contributed by atoms with van der Waals surface area (Å²) < 4.78 is 5.53. The van der Waals surface area contributed by atoms with Crippen molar-refractivity contribution in [3.63, 3.8) is 0 Å². The lowest BCUT2D eigenvalue weighted by Crippen LogP contribution is -2.34. The molecule has 0 aliphatic heterocycles. The van der Waals surface area contributed by atoms with E-state index in [0.29, 0.717) is 5.92 Å². The van der Waals surface area contributed by atoms with Gasteiger partial charge in [0.05, 0.1) is 5.60 Å². The average molecular weight is 198 g/mol. The SMILES string of the molecule is CCCC(C)C(C)(CC=CC=O)OC. The Labute approximate surface area is 87.3 Å². The molecule has 2 heteroatoms. The first-order valence-electron chi connectivity index (χ1n) is 5.26. The second kappa shape index (κ2) is 6.77. The Hall–Kier alpha value is -0.630. The van der Waals surface area contributed by atoms with Crippen molar-refractivity contribution in [2.75, 3.05) is 7.11 Å². The summed E-state index contributed by atoms with van der Waals surface area (Å²) in [5.41, 5.74) is -0.143. The number of rotatable bonds is 7. The molecule has 0 aliphatic carbocycles. The molecule has 0 N–H and O–H groups in total. The molecule has 0 saturated carbocycles. The number of aldehydes is 1. The van der Waals surface area contributed by atoms with Crippen LogP contribution in [0.3, 0.4) is 0 Å². The van der Waals surface area contributed by atoms with E-state index >= 15 is 0 Å². The largest absolute Gasteiger partial charge is 0.378 e. The van der Waals surface area contributed by atoms with E-state index in [0.717, 1.165) is 25.5 Å². The molecule has 0 saturated heterocycles. The van der Waals surface area contributed by atoms with Gasteiger partial charge in [0.2, 0.25) is 0 Å². The predicted molar refractivity (Wildman–Crippen MR) is 59.3 cm³/mol. The molecular formula is C12H22O2. The first kappa shape index (κ1) is 13.4. The van der Waals surface area contributed by atoms with Crippen LogP contribution in [0.2, 0.25) is 0 Å². The van der Waals surface area contributed by atoms with Crippen LogP contribution in [-0.4, -0.2) is 19.0 Å². The molecule has 0 heterocycles. The number of methoxy groups -OCH3 is 1. The molecule has 2 unspecified atom stereocenters. The Morgan fingerprint density at radius 3 is 2.57 bits per heavy atom. The summed E-state index contributed by atoms with van der Waals surface area (Å²) in [6, 6.07) is 0. The Bertz CT molecular complexity index is 187. The molecule has 0 aromatic heterocycles. The Balaban J connectivity index is 4.28. The van der Waals surface area contributed by atoms with Crippen molar-refractivity contribution in [1.82, 2.24) is 0 Å². The molecular weight excluding hydrogens is 176 g/mol. The highest BCUT2D eigenvalue weighted by Gasteiger charge is 2.28. The lowest BCUT2D eigenvalue weighted by Gasteiger charge is -2.33. The number of ether oxygens (including phenoxy) is 1. The topological polar surface area (TPSA) is 26.3 Å². The summed E-state index contributed by atoms with van der Waals surface area (Å²) in [6.45, 7) is 6.47. The minimum atomic E-state index is -0.143. The van der Waals surface area contributed by atoms with Crippen LogP contribution in [0.15, 0.2) is 12.2 Å². The highest BCUT2D eigenvalue weighted by molar-refractivity contribution is 5.64. The summed E-state index contributed by atoms with van der Waals surface area (Å²) in [5.74, 6) is 0.508. The van der Waals surface area contributed by atoms with E-state index in [1.807, 2.05) is 6.08 Å². The van der Waals surface area contributed by atoms with E-state index < -0.39 is 0 Å². The van der Waals surface area contributed by atoms with Gasteiger partial charge in [-0.25, -0.2) is 0 Å². The molecule has 0 aromatic rings. The lowest BCUT2D eigenvalue weighted by atomic mass is 9.84. The zero-order valence-corrected chi connectivity index (χ0v) is 9.75. The molecule has 0 rings (SSSR count). The van der Waals surface area contributed by atoms with Gasteiger partial charge in [0.1, 0.15) is 6.29 Å². The molecule has 0 fully saturated rings. The predicted octanol–water partition coefficient (Wildman–Crippen LogP) is 2.97. The summed E-state index contributed by atoms with van der Waals surface area (Å²) >= 11 is 0. The molecule has 0 bridgehead atoms. The molecule has 0 amide bonds. The molecule has 2 atom stereocenters. The second-order valence-electron chi connectivity index (χ2n) is 3.97. The van der Waals surface area contributed by atoms with Gasteiger partial charge in [-0.15, -0.1) is 0 Å². The van der Waals surface area contributed by atoms with E-state index in [-0.39, 0.29) is 5.60 Å². The summed E-state index contributed by atoms with van der Waals surface area (Å²) in [7, 11) is 1.74. The average Bonchev–Trinajstić information content (AvgIpc) is 2.18. The van der Waals surface area contributed by atoms with Crippen LogP contribution in [0.4, 0.5) is 0 Å².